The van der Waals surface area contributed by atoms with E-state index in [1.165, 1.54) is 5.69 Å². The summed E-state index contributed by atoms with van der Waals surface area (Å²) in [5.74, 6) is 1.58. The zero-order valence-corrected chi connectivity index (χ0v) is 11.8. The topological polar surface area (TPSA) is 55.6 Å². The molecule has 0 atom stereocenters. The van der Waals surface area contributed by atoms with Crippen LogP contribution in [0.4, 0.5) is 5.82 Å². The molecular weight excluding hydrogens is 238 g/mol. The maximum absolute atomic E-state index is 4.58. The minimum Gasteiger partial charge on any atom is -0.369 e. The Kier molecular flexibility index (Phi) is 4.49. The molecule has 0 radical (unpaired) electrons. The first-order chi connectivity index (χ1) is 9.28. The van der Waals surface area contributed by atoms with Gasteiger partial charge in [-0.2, -0.15) is 5.10 Å². The van der Waals surface area contributed by atoms with Crippen molar-refractivity contribution in [1.82, 2.24) is 19.7 Å². The van der Waals surface area contributed by atoms with Gasteiger partial charge in [0.1, 0.15) is 5.82 Å². The van der Waals surface area contributed by atoms with Crippen LogP contribution in [0, 0.1) is 0 Å². The van der Waals surface area contributed by atoms with Gasteiger partial charge in [0.2, 0.25) is 0 Å². The molecule has 0 aromatic carbocycles. The Hall–Kier alpha value is -1.91. The van der Waals surface area contributed by atoms with E-state index >= 15 is 0 Å². The molecule has 102 valence electrons. The van der Waals surface area contributed by atoms with Crippen LogP contribution in [-0.4, -0.2) is 26.3 Å². The number of hydrogen-bond acceptors (Lipinski definition) is 4. The van der Waals surface area contributed by atoms with E-state index in [0.717, 1.165) is 43.1 Å². The van der Waals surface area contributed by atoms with Crippen LogP contribution in [0.25, 0.3) is 5.82 Å². The van der Waals surface area contributed by atoms with Crippen LogP contribution in [0.2, 0.25) is 0 Å². The number of hydrogen-bond donors (Lipinski definition) is 1. The zero-order valence-electron chi connectivity index (χ0n) is 11.8. The number of nitrogens with one attached hydrogen (secondary N) is 1. The lowest BCUT2D eigenvalue weighted by Crippen LogP contribution is -2.08. The lowest BCUT2D eigenvalue weighted by molar-refractivity contribution is 0.767. The van der Waals surface area contributed by atoms with Crippen molar-refractivity contribution in [3.05, 3.63) is 29.8 Å². The van der Waals surface area contributed by atoms with E-state index in [4.69, 9.17) is 0 Å². The molecule has 5 heteroatoms. The normalized spacial score (nSPS) is 10.7. The van der Waals surface area contributed by atoms with Crippen molar-refractivity contribution < 1.29 is 0 Å². The summed E-state index contributed by atoms with van der Waals surface area (Å²) in [4.78, 5) is 8.80. The van der Waals surface area contributed by atoms with E-state index in [-0.39, 0.29) is 0 Å². The summed E-state index contributed by atoms with van der Waals surface area (Å²) in [6.07, 6.45) is 6.42. The summed E-state index contributed by atoms with van der Waals surface area (Å²) < 4.78 is 1.89. The van der Waals surface area contributed by atoms with Crippen LogP contribution in [0.3, 0.4) is 0 Å². The van der Waals surface area contributed by atoms with Crippen molar-refractivity contribution in [3.8, 4) is 5.82 Å². The molecule has 0 spiro atoms. The Morgan fingerprint density at radius 1 is 1.16 bits per heavy atom. The Bertz CT molecular complexity index is 532. The molecule has 0 aliphatic carbocycles. The average molecular weight is 259 g/mol. The van der Waals surface area contributed by atoms with E-state index in [9.17, 15) is 0 Å². The molecule has 1 N–H and O–H groups in total. The summed E-state index contributed by atoms with van der Waals surface area (Å²) in [6, 6.07) is 2.13. The molecule has 0 aliphatic rings. The largest absolute Gasteiger partial charge is 0.369 e. The summed E-state index contributed by atoms with van der Waals surface area (Å²) in [7, 11) is 0. The molecule has 0 bridgehead atoms. The molecular formula is C14H21N5. The van der Waals surface area contributed by atoms with Crippen molar-refractivity contribution in [2.45, 2.75) is 40.0 Å². The molecule has 2 rings (SSSR count). The molecule has 2 aromatic heterocycles. The minimum absolute atomic E-state index is 0.776. The minimum atomic E-state index is 0.776. The highest BCUT2D eigenvalue weighted by molar-refractivity contribution is 5.36. The van der Waals surface area contributed by atoms with Gasteiger partial charge in [0.15, 0.2) is 5.82 Å². The lowest BCUT2D eigenvalue weighted by Gasteiger charge is -2.07. The van der Waals surface area contributed by atoms with Crippen LogP contribution in [0.15, 0.2) is 18.5 Å². The second-order valence-corrected chi connectivity index (χ2v) is 4.44. The van der Waals surface area contributed by atoms with E-state index in [1.807, 2.05) is 4.68 Å². The molecule has 0 amide bonds. The standard InChI is InChI=1S/C14H21N5/c1-4-7-16-13-9-15-10-14(17-13)19-12(6-3)8-11(5-2)18-19/h8-10H,4-7H2,1-3H3,(H,16,17). The smallest absolute Gasteiger partial charge is 0.174 e. The quantitative estimate of drug-likeness (QED) is 0.866. The molecule has 0 aliphatic heterocycles. The van der Waals surface area contributed by atoms with Crippen molar-refractivity contribution >= 4 is 5.82 Å². The number of anilines is 1. The van der Waals surface area contributed by atoms with Gasteiger partial charge in [-0.1, -0.05) is 20.8 Å². The highest BCUT2D eigenvalue weighted by Gasteiger charge is 2.09. The second-order valence-electron chi connectivity index (χ2n) is 4.44. The first kappa shape index (κ1) is 13.5. The second kappa shape index (κ2) is 6.31. The molecule has 0 saturated heterocycles. The van der Waals surface area contributed by atoms with Crippen molar-refractivity contribution in [3.63, 3.8) is 0 Å². The van der Waals surface area contributed by atoms with Crippen molar-refractivity contribution in [2.75, 3.05) is 11.9 Å². The zero-order chi connectivity index (χ0) is 13.7. The van der Waals surface area contributed by atoms with E-state index < -0.39 is 0 Å². The Balaban J connectivity index is 2.32. The lowest BCUT2D eigenvalue weighted by atomic mass is 10.3. The fraction of sp³-hybridized carbons (Fsp3) is 0.500. The van der Waals surface area contributed by atoms with Gasteiger partial charge in [-0.3, -0.25) is 4.98 Å². The highest BCUT2D eigenvalue weighted by atomic mass is 15.3. The Morgan fingerprint density at radius 3 is 2.68 bits per heavy atom. The molecule has 0 fully saturated rings. The summed E-state index contributed by atoms with van der Waals surface area (Å²) in [5.41, 5.74) is 2.25. The predicted molar refractivity (Wildman–Crippen MR) is 76.7 cm³/mol. The number of nitrogens with zero attached hydrogens (tertiary/aromatic N) is 4. The summed E-state index contributed by atoms with van der Waals surface area (Å²) in [6.45, 7) is 7.26. The maximum Gasteiger partial charge on any atom is 0.174 e. The molecule has 0 saturated carbocycles. The average Bonchev–Trinajstić information content (AvgIpc) is 2.89. The van der Waals surface area contributed by atoms with Gasteiger partial charge in [-0.15, -0.1) is 0 Å². The van der Waals surface area contributed by atoms with Crippen molar-refractivity contribution in [2.24, 2.45) is 0 Å². The van der Waals surface area contributed by atoms with Gasteiger partial charge < -0.3 is 5.32 Å². The third-order valence-electron chi connectivity index (χ3n) is 2.95. The molecule has 2 aromatic rings. The van der Waals surface area contributed by atoms with Gasteiger partial charge in [0, 0.05) is 12.2 Å². The van der Waals surface area contributed by atoms with Gasteiger partial charge in [0.25, 0.3) is 0 Å². The van der Waals surface area contributed by atoms with Gasteiger partial charge in [-0.05, 0) is 25.3 Å². The third kappa shape index (κ3) is 3.10. The van der Waals surface area contributed by atoms with E-state index in [2.05, 4.69) is 47.2 Å². The third-order valence-corrected chi connectivity index (χ3v) is 2.95. The first-order valence-electron chi connectivity index (χ1n) is 6.92. The number of rotatable bonds is 6. The van der Waals surface area contributed by atoms with Crippen LogP contribution >= 0.6 is 0 Å². The van der Waals surface area contributed by atoms with Crippen LogP contribution < -0.4 is 5.32 Å². The number of aromatic nitrogens is 4. The fourth-order valence-electron chi connectivity index (χ4n) is 1.89. The fourth-order valence-corrected chi connectivity index (χ4v) is 1.89. The molecule has 19 heavy (non-hydrogen) atoms. The highest BCUT2D eigenvalue weighted by Crippen LogP contribution is 2.13. The van der Waals surface area contributed by atoms with E-state index in [1.54, 1.807) is 12.4 Å². The molecule has 2 heterocycles. The summed E-state index contributed by atoms with van der Waals surface area (Å²) >= 11 is 0. The SMILES string of the molecule is CCCNc1cncc(-n2nc(CC)cc2CC)n1. The van der Waals surface area contributed by atoms with Gasteiger partial charge in [0.05, 0.1) is 18.1 Å². The maximum atomic E-state index is 4.58. The molecule has 0 unspecified atom stereocenters. The van der Waals surface area contributed by atoms with Crippen LogP contribution in [0.1, 0.15) is 38.6 Å². The Labute approximate surface area is 114 Å². The van der Waals surface area contributed by atoms with Gasteiger partial charge in [-0.25, -0.2) is 9.67 Å². The van der Waals surface area contributed by atoms with E-state index in [0.29, 0.717) is 0 Å². The first-order valence-corrected chi connectivity index (χ1v) is 6.92. The van der Waals surface area contributed by atoms with Crippen molar-refractivity contribution in [1.29, 1.82) is 0 Å². The summed E-state index contributed by atoms with van der Waals surface area (Å²) in [5, 5.41) is 7.83. The Morgan fingerprint density at radius 2 is 2.00 bits per heavy atom. The van der Waals surface area contributed by atoms with Gasteiger partial charge >= 0.3 is 0 Å². The van der Waals surface area contributed by atoms with Crippen LogP contribution in [0.5, 0.6) is 0 Å². The monoisotopic (exact) mass is 259 g/mol. The van der Waals surface area contributed by atoms with Crippen LogP contribution in [-0.2, 0) is 12.8 Å². The predicted octanol–water partition coefficient (Wildman–Crippen LogP) is 2.61. The molecule has 5 nitrogen and oxygen atoms in total. The number of aryl methyl sites for hydroxylation is 2.